The van der Waals surface area contributed by atoms with E-state index in [0.717, 1.165) is 11.4 Å². The molecular weight excluding hydrogens is 116 g/mol. The van der Waals surface area contributed by atoms with E-state index in [1.54, 1.807) is 7.05 Å². The Bertz CT molecular complexity index is 183. The molecule has 0 amide bonds. The van der Waals surface area contributed by atoms with Crippen LogP contribution in [0.1, 0.15) is 11.4 Å². The van der Waals surface area contributed by atoms with E-state index in [1.807, 2.05) is 13.8 Å². The van der Waals surface area contributed by atoms with E-state index in [9.17, 15) is 0 Å². The minimum absolute atomic E-state index is 0.962. The monoisotopic (exact) mass is 126 g/mol. The average Bonchev–Trinajstić information content (AvgIpc) is 2.13. The first-order valence-electron chi connectivity index (χ1n) is 2.82. The fourth-order valence-electron chi connectivity index (χ4n) is 0.551. The van der Waals surface area contributed by atoms with Crippen LogP contribution in [0.5, 0.6) is 0 Å². The molecule has 0 saturated carbocycles. The van der Waals surface area contributed by atoms with Crippen molar-refractivity contribution in [2.45, 2.75) is 13.8 Å². The Kier molecular flexibility index (Phi) is 1.38. The van der Waals surface area contributed by atoms with E-state index in [2.05, 4.69) is 15.6 Å². The molecule has 9 heavy (non-hydrogen) atoms. The smallest absolute Gasteiger partial charge is 0.0847 e. The predicted molar refractivity (Wildman–Crippen MR) is 34.8 cm³/mol. The number of hydrogen-bond acceptors (Lipinski definition) is 3. The van der Waals surface area contributed by atoms with Gasteiger partial charge >= 0.3 is 0 Å². The maximum absolute atomic E-state index is 4.02. The number of aryl methyl sites for hydroxylation is 2. The maximum Gasteiger partial charge on any atom is 0.0847 e. The zero-order chi connectivity index (χ0) is 6.85. The van der Waals surface area contributed by atoms with Gasteiger partial charge in [0.1, 0.15) is 0 Å². The molecule has 0 saturated heterocycles. The van der Waals surface area contributed by atoms with Crippen LogP contribution in [-0.4, -0.2) is 22.2 Å². The van der Waals surface area contributed by atoms with Gasteiger partial charge in [-0.05, 0) is 13.8 Å². The first-order valence-corrected chi connectivity index (χ1v) is 2.82. The van der Waals surface area contributed by atoms with Crippen molar-refractivity contribution in [3.63, 3.8) is 0 Å². The molecule has 4 nitrogen and oxygen atoms in total. The molecule has 1 heterocycles. The van der Waals surface area contributed by atoms with Gasteiger partial charge in [0.25, 0.3) is 0 Å². The van der Waals surface area contributed by atoms with Crippen LogP contribution >= 0.6 is 0 Å². The normalized spacial score (nSPS) is 9.67. The van der Waals surface area contributed by atoms with Crippen molar-refractivity contribution in [2.75, 3.05) is 12.5 Å². The summed E-state index contributed by atoms with van der Waals surface area (Å²) >= 11 is 0. The topological polar surface area (TPSA) is 42.7 Å². The van der Waals surface area contributed by atoms with Crippen molar-refractivity contribution in [1.29, 1.82) is 0 Å². The fraction of sp³-hybridized carbons (Fsp3) is 0.600. The van der Waals surface area contributed by atoms with Crippen molar-refractivity contribution in [3.8, 4) is 0 Å². The molecule has 1 aromatic rings. The van der Waals surface area contributed by atoms with E-state index in [1.165, 1.54) is 4.91 Å². The Morgan fingerprint density at radius 2 is 1.67 bits per heavy atom. The zero-order valence-electron chi connectivity index (χ0n) is 5.84. The average molecular weight is 126 g/mol. The number of nitrogens with one attached hydrogen (secondary N) is 1. The third kappa shape index (κ3) is 1.01. The van der Waals surface area contributed by atoms with Crippen LogP contribution in [0, 0.1) is 13.8 Å². The lowest BCUT2D eigenvalue weighted by Crippen LogP contribution is -2.12. The lowest BCUT2D eigenvalue weighted by molar-refractivity contribution is 0.661. The van der Waals surface area contributed by atoms with Crippen LogP contribution in [0.3, 0.4) is 0 Å². The minimum Gasteiger partial charge on any atom is -0.296 e. The Hall–Kier alpha value is -1.06. The predicted octanol–water partition coefficient (Wildman–Crippen LogP) is 0.0682. The van der Waals surface area contributed by atoms with Gasteiger partial charge in [0.2, 0.25) is 0 Å². The summed E-state index contributed by atoms with van der Waals surface area (Å²) in [5.41, 5.74) is 4.71. The minimum atomic E-state index is 0.962. The van der Waals surface area contributed by atoms with Gasteiger partial charge in [-0.2, -0.15) is 0 Å². The van der Waals surface area contributed by atoms with Crippen molar-refractivity contribution >= 4 is 0 Å². The Labute approximate surface area is 53.8 Å². The van der Waals surface area contributed by atoms with Crippen LogP contribution < -0.4 is 5.43 Å². The van der Waals surface area contributed by atoms with E-state index in [-0.39, 0.29) is 0 Å². The second kappa shape index (κ2) is 2.05. The number of nitrogens with zero attached hydrogens (tertiary/aromatic N) is 3. The van der Waals surface area contributed by atoms with Crippen molar-refractivity contribution in [1.82, 2.24) is 15.1 Å². The van der Waals surface area contributed by atoms with E-state index < -0.39 is 0 Å². The largest absolute Gasteiger partial charge is 0.296 e. The van der Waals surface area contributed by atoms with Crippen LogP contribution in [0.25, 0.3) is 0 Å². The second-order valence-corrected chi connectivity index (χ2v) is 1.88. The molecule has 0 radical (unpaired) electrons. The molecule has 0 unspecified atom stereocenters. The van der Waals surface area contributed by atoms with Gasteiger partial charge in [0, 0.05) is 7.05 Å². The zero-order valence-corrected chi connectivity index (χ0v) is 5.84. The maximum atomic E-state index is 4.02. The first kappa shape index (κ1) is 6.07. The molecule has 50 valence electrons. The summed E-state index contributed by atoms with van der Waals surface area (Å²) in [6.07, 6.45) is 0. The third-order valence-corrected chi connectivity index (χ3v) is 1.21. The molecule has 0 aliphatic carbocycles. The second-order valence-electron chi connectivity index (χ2n) is 1.88. The van der Waals surface area contributed by atoms with Crippen LogP contribution in [0.4, 0.5) is 0 Å². The van der Waals surface area contributed by atoms with Gasteiger partial charge in [0.05, 0.1) is 11.4 Å². The van der Waals surface area contributed by atoms with Crippen LogP contribution in [0.2, 0.25) is 0 Å². The number of aromatic nitrogens is 3. The Morgan fingerprint density at radius 3 is 1.89 bits per heavy atom. The van der Waals surface area contributed by atoms with E-state index >= 15 is 0 Å². The molecule has 0 aromatic carbocycles. The van der Waals surface area contributed by atoms with Crippen molar-refractivity contribution < 1.29 is 0 Å². The van der Waals surface area contributed by atoms with Crippen LogP contribution in [0.15, 0.2) is 0 Å². The first-order chi connectivity index (χ1) is 4.24. The van der Waals surface area contributed by atoms with Crippen molar-refractivity contribution in [2.24, 2.45) is 0 Å². The molecule has 1 N–H and O–H groups in total. The number of hydrogen-bond donors (Lipinski definition) is 1. The fourth-order valence-corrected chi connectivity index (χ4v) is 0.551. The summed E-state index contributed by atoms with van der Waals surface area (Å²) in [4.78, 5) is 1.45. The summed E-state index contributed by atoms with van der Waals surface area (Å²) < 4.78 is 0. The van der Waals surface area contributed by atoms with Gasteiger partial charge in [-0.25, -0.2) is 0 Å². The highest BCUT2D eigenvalue weighted by molar-refractivity contribution is 5.02. The molecule has 4 heteroatoms. The van der Waals surface area contributed by atoms with Gasteiger partial charge in [0.15, 0.2) is 0 Å². The lowest BCUT2D eigenvalue weighted by atomic mass is 10.4. The summed E-state index contributed by atoms with van der Waals surface area (Å²) in [5.74, 6) is 0. The number of rotatable bonds is 1. The van der Waals surface area contributed by atoms with E-state index in [4.69, 9.17) is 0 Å². The molecule has 0 spiro atoms. The molecular formula is C5H10N4. The molecule has 1 rings (SSSR count). The Morgan fingerprint density at radius 1 is 1.22 bits per heavy atom. The van der Waals surface area contributed by atoms with Gasteiger partial charge < -0.3 is 0 Å². The third-order valence-electron chi connectivity index (χ3n) is 1.21. The van der Waals surface area contributed by atoms with Crippen LogP contribution in [-0.2, 0) is 0 Å². The molecule has 0 fully saturated rings. The summed E-state index contributed by atoms with van der Waals surface area (Å²) in [6.45, 7) is 3.85. The molecule has 0 aliphatic heterocycles. The Balaban J connectivity index is 2.98. The SMILES string of the molecule is CNn1nc(C)c(C)n1. The summed E-state index contributed by atoms with van der Waals surface area (Å²) in [6, 6.07) is 0. The highest BCUT2D eigenvalue weighted by Crippen LogP contribution is 1.94. The van der Waals surface area contributed by atoms with Gasteiger partial charge in [-0.1, -0.05) is 4.91 Å². The highest BCUT2D eigenvalue weighted by atomic mass is 15.7. The quantitative estimate of drug-likeness (QED) is 0.579. The van der Waals surface area contributed by atoms with Gasteiger partial charge in [-0.15, -0.1) is 10.2 Å². The van der Waals surface area contributed by atoms with Crippen molar-refractivity contribution in [3.05, 3.63) is 11.4 Å². The standard InChI is InChI=1S/C5H10N4/c1-4-5(2)8-9(6-3)7-4/h6H,1-3H3. The molecule has 1 aromatic heterocycles. The molecule has 0 bridgehead atoms. The van der Waals surface area contributed by atoms with E-state index in [0.29, 0.717) is 0 Å². The summed E-state index contributed by atoms with van der Waals surface area (Å²) in [5, 5.41) is 8.05. The molecule has 0 aliphatic rings. The highest BCUT2D eigenvalue weighted by Gasteiger charge is 1.97. The van der Waals surface area contributed by atoms with Gasteiger partial charge in [-0.3, -0.25) is 5.43 Å². The lowest BCUT2D eigenvalue weighted by Gasteiger charge is -1.91. The summed E-state index contributed by atoms with van der Waals surface area (Å²) in [7, 11) is 1.78. The molecule has 0 atom stereocenters.